The highest BCUT2D eigenvalue weighted by atomic mass is 35.5. The van der Waals surface area contributed by atoms with E-state index in [-0.39, 0.29) is 12.5 Å². The number of halogens is 1. The quantitative estimate of drug-likeness (QED) is 0.857. The van der Waals surface area contributed by atoms with Crippen molar-refractivity contribution in [2.45, 2.75) is 13.5 Å². The van der Waals surface area contributed by atoms with E-state index in [4.69, 9.17) is 16.3 Å². The van der Waals surface area contributed by atoms with Crippen LogP contribution in [0.2, 0.25) is 5.02 Å². The SMILES string of the molecule is CCOC(=O)CNCc1sc2ccccc2c1Cl. The number of thiophene rings is 1. The van der Waals surface area contributed by atoms with Gasteiger partial charge in [-0.1, -0.05) is 29.8 Å². The second kappa shape index (κ2) is 6.18. The topological polar surface area (TPSA) is 38.3 Å². The summed E-state index contributed by atoms with van der Waals surface area (Å²) >= 11 is 7.93. The fourth-order valence-electron chi connectivity index (χ4n) is 1.67. The maximum atomic E-state index is 11.2. The molecule has 2 rings (SSSR count). The highest BCUT2D eigenvalue weighted by molar-refractivity contribution is 7.19. The van der Waals surface area contributed by atoms with Gasteiger partial charge in [0.1, 0.15) is 0 Å². The fourth-order valence-corrected chi connectivity index (χ4v) is 3.14. The Labute approximate surface area is 115 Å². The molecule has 1 aromatic heterocycles. The van der Waals surface area contributed by atoms with Crippen LogP contribution in [0.1, 0.15) is 11.8 Å². The number of hydrogen-bond donors (Lipinski definition) is 1. The van der Waals surface area contributed by atoms with Gasteiger partial charge in [0.25, 0.3) is 0 Å². The summed E-state index contributed by atoms with van der Waals surface area (Å²) in [6.45, 7) is 2.99. The Kier molecular flexibility index (Phi) is 4.58. The summed E-state index contributed by atoms with van der Waals surface area (Å²) in [5, 5.41) is 4.88. The first-order chi connectivity index (χ1) is 8.72. The molecule has 1 heterocycles. The first-order valence-corrected chi connectivity index (χ1v) is 6.94. The van der Waals surface area contributed by atoms with E-state index in [0.29, 0.717) is 13.2 Å². The molecule has 0 radical (unpaired) electrons. The van der Waals surface area contributed by atoms with E-state index in [2.05, 4.69) is 5.32 Å². The minimum absolute atomic E-state index is 0.207. The zero-order valence-corrected chi connectivity index (χ0v) is 11.6. The molecule has 0 aliphatic carbocycles. The molecule has 0 aliphatic rings. The Morgan fingerprint density at radius 3 is 2.94 bits per heavy atom. The van der Waals surface area contributed by atoms with Crippen LogP contribution in [-0.2, 0) is 16.1 Å². The summed E-state index contributed by atoms with van der Waals surface area (Å²) < 4.78 is 6.00. The Morgan fingerprint density at radius 2 is 2.22 bits per heavy atom. The van der Waals surface area contributed by atoms with Crippen LogP contribution in [0.3, 0.4) is 0 Å². The molecule has 1 aromatic carbocycles. The highest BCUT2D eigenvalue weighted by Gasteiger charge is 2.10. The van der Waals surface area contributed by atoms with Crippen molar-refractivity contribution < 1.29 is 9.53 Å². The van der Waals surface area contributed by atoms with Crippen LogP contribution in [0.15, 0.2) is 24.3 Å². The third kappa shape index (κ3) is 3.02. The minimum Gasteiger partial charge on any atom is -0.465 e. The van der Waals surface area contributed by atoms with Crippen molar-refractivity contribution in [3.05, 3.63) is 34.2 Å². The van der Waals surface area contributed by atoms with E-state index in [1.54, 1.807) is 18.3 Å². The van der Waals surface area contributed by atoms with Crippen LogP contribution < -0.4 is 5.32 Å². The maximum absolute atomic E-state index is 11.2. The molecule has 5 heteroatoms. The minimum atomic E-state index is -0.241. The number of rotatable bonds is 5. The molecule has 96 valence electrons. The molecule has 0 bridgehead atoms. The normalized spacial score (nSPS) is 10.8. The van der Waals surface area contributed by atoms with Crippen LogP contribution in [0, 0.1) is 0 Å². The fraction of sp³-hybridized carbons (Fsp3) is 0.308. The number of carbonyl (C=O) groups excluding carboxylic acids is 1. The van der Waals surface area contributed by atoms with Crippen molar-refractivity contribution >= 4 is 39.0 Å². The highest BCUT2D eigenvalue weighted by Crippen LogP contribution is 2.34. The number of carbonyl (C=O) groups is 1. The zero-order valence-electron chi connectivity index (χ0n) is 10.0. The molecule has 3 nitrogen and oxygen atoms in total. The van der Waals surface area contributed by atoms with E-state index >= 15 is 0 Å². The summed E-state index contributed by atoms with van der Waals surface area (Å²) in [6.07, 6.45) is 0. The number of nitrogens with one attached hydrogen (secondary N) is 1. The predicted molar refractivity (Wildman–Crippen MR) is 75.2 cm³/mol. The van der Waals surface area contributed by atoms with Crippen molar-refractivity contribution in [1.29, 1.82) is 0 Å². The Bertz CT molecular complexity index is 553. The molecule has 0 atom stereocenters. The van der Waals surface area contributed by atoms with Gasteiger partial charge in [0.05, 0.1) is 18.2 Å². The summed E-state index contributed by atoms with van der Waals surface area (Å²) in [5.41, 5.74) is 0. The molecular weight excluding hydrogens is 270 g/mol. The number of hydrogen-bond acceptors (Lipinski definition) is 4. The van der Waals surface area contributed by atoms with Gasteiger partial charge < -0.3 is 10.1 Å². The second-order valence-corrected chi connectivity index (χ2v) is 5.26. The van der Waals surface area contributed by atoms with Crippen molar-refractivity contribution in [3.8, 4) is 0 Å². The summed E-state index contributed by atoms with van der Waals surface area (Å²) in [7, 11) is 0. The predicted octanol–water partition coefficient (Wildman–Crippen LogP) is 3.21. The van der Waals surface area contributed by atoms with Crippen molar-refractivity contribution in [2.75, 3.05) is 13.2 Å². The lowest BCUT2D eigenvalue weighted by Crippen LogP contribution is -2.24. The molecule has 0 amide bonds. The van der Waals surface area contributed by atoms with E-state index < -0.39 is 0 Å². The van der Waals surface area contributed by atoms with Crippen LogP contribution in [-0.4, -0.2) is 19.1 Å². The van der Waals surface area contributed by atoms with Crippen LogP contribution >= 0.6 is 22.9 Å². The molecule has 0 unspecified atom stereocenters. The van der Waals surface area contributed by atoms with Gasteiger partial charge in [-0.25, -0.2) is 0 Å². The number of benzene rings is 1. The lowest BCUT2D eigenvalue weighted by molar-refractivity contribution is -0.142. The van der Waals surface area contributed by atoms with Gasteiger partial charge in [0.15, 0.2) is 0 Å². The molecule has 18 heavy (non-hydrogen) atoms. The molecular formula is C13H14ClNO2S. The van der Waals surface area contributed by atoms with Gasteiger partial charge in [-0.05, 0) is 13.0 Å². The van der Waals surface area contributed by atoms with Crippen molar-refractivity contribution in [3.63, 3.8) is 0 Å². The monoisotopic (exact) mass is 283 g/mol. The van der Waals surface area contributed by atoms with Crippen LogP contribution in [0.5, 0.6) is 0 Å². The zero-order chi connectivity index (χ0) is 13.0. The molecule has 1 N–H and O–H groups in total. The standard InChI is InChI=1S/C13H14ClNO2S/c1-2-17-12(16)8-15-7-11-13(14)9-5-3-4-6-10(9)18-11/h3-6,15H,2,7-8H2,1H3. The van der Waals surface area contributed by atoms with Gasteiger partial charge in [-0.3, -0.25) is 4.79 Å². The largest absolute Gasteiger partial charge is 0.465 e. The van der Waals surface area contributed by atoms with Gasteiger partial charge in [0.2, 0.25) is 0 Å². The molecule has 0 aliphatic heterocycles. The molecule has 0 fully saturated rings. The first-order valence-electron chi connectivity index (χ1n) is 5.74. The molecule has 0 saturated heterocycles. The van der Waals surface area contributed by atoms with Crippen molar-refractivity contribution in [1.82, 2.24) is 5.32 Å². The average molecular weight is 284 g/mol. The molecule has 0 spiro atoms. The third-order valence-corrected chi connectivity index (χ3v) is 4.18. The Morgan fingerprint density at radius 1 is 1.44 bits per heavy atom. The first kappa shape index (κ1) is 13.3. The van der Waals surface area contributed by atoms with Gasteiger partial charge in [-0.15, -0.1) is 11.3 Å². The lowest BCUT2D eigenvalue weighted by Gasteiger charge is -2.03. The van der Waals surface area contributed by atoms with Crippen LogP contribution in [0.25, 0.3) is 10.1 Å². The van der Waals surface area contributed by atoms with Gasteiger partial charge >= 0.3 is 5.97 Å². The van der Waals surface area contributed by atoms with Crippen molar-refractivity contribution in [2.24, 2.45) is 0 Å². The maximum Gasteiger partial charge on any atom is 0.319 e. The molecule has 2 aromatic rings. The van der Waals surface area contributed by atoms with E-state index in [1.165, 1.54) is 0 Å². The summed E-state index contributed by atoms with van der Waals surface area (Å²) in [4.78, 5) is 12.2. The van der Waals surface area contributed by atoms with Gasteiger partial charge in [-0.2, -0.15) is 0 Å². The van der Waals surface area contributed by atoms with E-state index in [1.807, 2.05) is 24.3 Å². The smallest absolute Gasteiger partial charge is 0.319 e. The molecule has 0 saturated carbocycles. The van der Waals surface area contributed by atoms with E-state index in [9.17, 15) is 4.79 Å². The number of esters is 1. The van der Waals surface area contributed by atoms with E-state index in [0.717, 1.165) is 20.0 Å². The third-order valence-electron chi connectivity index (χ3n) is 2.46. The Balaban J connectivity index is 1.99. The Hall–Kier alpha value is -1.10. The lowest BCUT2D eigenvalue weighted by atomic mass is 10.2. The number of ether oxygens (including phenoxy) is 1. The average Bonchev–Trinajstić information content (AvgIpc) is 2.68. The summed E-state index contributed by atoms with van der Waals surface area (Å²) in [5.74, 6) is -0.241. The van der Waals surface area contributed by atoms with Crippen LogP contribution in [0.4, 0.5) is 0 Å². The number of fused-ring (bicyclic) bond motifs is 1. The van der Waals surface area contributed by atoms with Gasteiger partial charge in [0, 0.05) is 21.5 Å². The second-order valence-electron chi connectivity index (χ2n) is 3.74. The summed E-state index contributed by atoms with van der Waals surface area (Å²) in [6, 6.07) is 8.01.